The maximum Gasteiger partial charge on any atom is 0.305 e. The zero-order valence-corrected chi connectivity index (χ0v) is 39.8. The Bertz CT molecular complexity index is 1190. The summed E-state index contributed by atoms with van der Waals surface area (Å²) in [6, 6.07) is -0.854. The minimum atomic E-state index is -1.59. The van der Waals surface area contributed by atoms with Crippen LogP contribution in [0.25, 0.3) is 0 Å². The molecule has 7 unspecified atom stereocenters. The summed E-state index contributed by atoms with van der Waals surface area (Å²) < 4.78 is 16.6. The molecule has 7 atom stereocenters. The Morgan fingerprint density at radius 3 is 1.65 bits per heavy atom. The molecule has 1 rings (SSSR count). The average Bonchev–Trinajstić information content (AvgIpc) is 3.28. The van der Waals surface area contributed by atoms with Gasteiger partial charge >= 0.3 is 5.97 Å². The Morgan fingerprint density at radius 2 is 1.06 bits per heavy atom. The molecular formula is C52H93NO10. The minimum absolute atomic E-state index is 0.0381. The first-order chi connectivity index (χ1) is 30.7. The molecule has 0 bridgehead atoms. The predicted molar refractivity (Wildman–Crippen MR) is 255 cm³/mol. The van der Waals surface area contributed by atoms with Gasteiger partial charge in [0.1, 0.15) is 24.4 Å². The molecule has 1 aliphatic rings. The molecule has 11 heteroatoms. The number of esters is 1. The highest BCUT2D eigenvalue weighted by Crippen LogP contribution is 2.22. The molecule has 1 saturated heterocycles. The van der Waals surface area contributed by atoms with Crippen LogP contribution in [-0.4, -0.2) is 100 Å². The lowest BCUT2D eigenvalue weighted by Gasteiger charge is -2.40. The third-order valence-electron chi connectivity index (χ3n) is 11.6. The van der Waals surface area contributed by atoms with E-state index in [0.717, 1.165) is 83.5 Å². The van der Waals surface area contributed by atoms with Crippen molar-refractivity contribution in [2.24, 2.45) is 0 Å². The first kappa shape index (κ1) is 58.6. The summed E-state index contributed by atoms with van der Waals surface area (Å²) in [5, 5.41) is 54.1. The fourth-order valence-electron chi connectivity index (χ4n) is 7.52. The Balaban J connectivity index is 2.22. The van der Waals surface area contributed by atoms with Gasteiger partial charge in [0, 0.05) is 12.8 Å². The number of aliphatic hydroxyl groups is 5. The molecule has 0 aliphatic carbocycles. The van der Waals surface area contributed by atoms with Crippen LogP contribution < -0.4 is 5.32 Å². The molecular weight excluding hydrogens is 799 g/mol. The Labute approximate surface area is 383 Å². The Kier molecular flexibility index (Phi) is 39.3. The second kappa shape index (κ2) is 42.3. The SMILES string of the molecule is CCC/C=C/CC/C=C/CC/C=C/C(O)C(COC1OC(CO)C(O)C(O)C1O)NC(=O)CCCCC/C=C\CCCCCCCCOC(=O)CCCCCCCCCCCCC. The summed E-state index contributed by atoms with van der Waals surface area (Å²) >= 11 is 0. The number of unbranched alkanes of at least 4 members (excludes halogenated alkanes) is 22. The Morgan fingerprint density at radius 1 is 0.571 bits per heavy atom. The molecule has 63 heavy (non-hydrogen) atoms. The van der Waals surface area contributed by atoms with E-state index >= 15 is 0 Å². The third-order valence-corrected chi connectivity index (χ3v) is 11.6. The highest BCUT2D eigenvalue weighted by molar-refractivity contribution is 5.76. The summed E-state index contributed by atoms with van der Waals surface area (Å²) in [6.07, 6.45) is 40.5. The van der Waals surface area contributed by atoms with Crippen molar-refractivity contribution in [1.82, 2.24) is 5.32 Å². The summed E-state index contributed by atoms with van der Waals surface area (Å²) in [7, 11) is 0. The van der Waals surface area contributed by atoms with Crippen LogP contribution in [0.1, 0.15) is 206 Å². The van der Waals surface area contributed by atoms with E-state index in [1.807, 2.05) is 6.08 Å². The van der Waals surface area contributed by atoms with E-state index in [-0.39, 0.29) is 24.9 Å². The van der Waals surface area contributed by atoms with Crippen molar-refractivity contribution in [3.63, 3.8) is 0 Å². The van der Waals surface area contributed by atoms with E-state index in [1.54, 1.807) is 6.08 Å². The van der Waals surface area contributed by atoms with E-state index in [2.05, 4.69) is 55.6 Å². The first-order valence-electron chi connectivity index (χ1n) is 25.4. The van der Waals surface area contributed by atoms with Crippen LogP contribution >= 0.6 is 0 Å². The highest BCUT2D eigenvalue weighted by Gasteiger charge is 2.44. The molecule has 1 aliphatic heterocycles. The second-order valence-electron chi connectivity index (χ2n) is 17.5. The van der Waals surface area contributed by atoms with Crippen molar-refractivity contribution in [2.75, 3.05) is 19.8 Å². The Hall–Kier alpha value is -2.38. The van der Waals surface area contributed by atoms with E-state index in [9.17, 15) is 35.1 Å². The molecule has 0 radical (unpaired) electrons. The van der Waals surface area contributed by atoms with Gasteiger partial charge in [0.15, 0.2) is 6.29 Å². The first-order valence-corrected chi connectivity index (χ1v) is 25.4. The van der Waals surface area contributed by atoms with Gasteiger partial charge in [-0.05, 0) is 77.0 Å². The highest BCUT2D eigenvalue weighted by atomic mass is 16.7. The molecule has 1 heterocycles. The molecule has 0 aromatic rings. The minimum Gasteiger partial charge on any atom is -0.466 e. The average molecular weight is 892 g/mol. The van der Waals surface area contributed by atoms with Crippen molar-refractivity contribution in [3.8, 4) is 0 Å². The smallest absolute Gasteiger partial charge is 0.305 e. The summed E-state index contributed by atoms with van der Waals surface area (Å²) in [5.41, 5.74) is 0. The fourth-order valence-corrected chi connectivity index (χ4v) is 7.52. The summed E-state index contributed by atoms with van der Waals surface area (Å²) in [5.74, 6) is -0.268. The molecule has 0 spiro atoms. The number of amides is 1. The summed E-state index contributed by atoms with van der Waals surface area (Å²) in [6.45, 7) is 4.15. The van der Waals surface area contributed by atoms with Crippen molar-refractivity contribution in [1.29, 1.82) is 0 Å². The zero-order chi connectivity index (χ0) is 46.0. The van der Waals surface area contributed by atoms with E-state index in [4.69, 9.17) is 14.2 Å². The number of hydrogen-bond acceptors (Lipinski definition) is 10. The maximum absolute atomic E-state index is 13.0. The molecule has 0 saturated carbocycles. The van der Waals surface area contributed by atoms with Crippen LogP contribution in [0.5, 0.6) is 0 Å². The number of hydrogen-bond donors (Lipinski definition) is 6. The molecule has 0 aromatic carbocycles. The standard InChI is InChI=1S/C52H93NO10/c1-3-5-7-9-11-13-18-22-26-30-34-38-45(55)44(43-62-52-51(60)50(59)49(58)46(42-54)63-52)53-47(56)39-35-31-27-23-20-16-15-17-21-25-29-33-37-41-61-48(57)40-36-32-28-24-19-14-12-10-8-6-4-2/h7,9,16,18,20,22,34,38,44-46,49-52,54-55,58-60H,3-6,8,10-15,17,19,21,23-33,35-37,39-43H2,1-2H3,(H,53,56)/b9-7+,20-16-,22-18+,38-34+. The van der Waals surface area contributed by atoms with Gasteiger partial charge in [0.2, 0.25) is 5.91 Å². The molecule has 1 fully saturated rings. The quantitative estimate of drug-likeness (QED) is 0.0197. The molecule has 6 N–H and O–H groups in total. The number of rotatable bonds is 42. The normalized spacial score (nSPS) is 20.4. The monoisotopic (exact) mass is 892 g/mol. The molecule has 366 valence electrons. The van der Waals surface area contributed by atoms with Gasteiger partial charge in [0.25, 0.3) is 0 Å². The van der Waals surface area contributed by atoms with Gasteiger partial charge in [-0.3, -0.25) is 9.59 Å². The number of nitrogens with one attached hydrogen (secondary N) is 1. The van der Waals surface area contributed by atoms with Crippen molar-refractivity contribution in [3.05, 3.63) is 48.6 Å². The van der Waals surface area contributed by atoms with Crippen LogP contribution in [0.2, 0.25) is 0 Å². The third kappa shape index (κ3) is 32.9. The topological polar surface area (TPSA) is 175 Å². The van der Waals surface area contributed by atoms with Crippen LogP contribution in [0.3, 0.4) is 0 Å². The van der Waals surface area contributed by atoms with Crippen LogP contribution in [0.15, 0.2) is 48.6 Å². The van der Waals surface area contributed by atoms with Crippen LogP contribution in [0, 0.1) is 0 Å². The lowest BCUT2D eigenvalue weighted by molar-refractivity contribution is -0.302. The van der Waals surface area contributed by atoms with Gasteiger partial charge < -0.3 is 45.1 Å². The van der Waals surface area contributed by atoms with Gasteiger partial charge in [-0.25, -0.2) is 0 Å². The van der Waals surface area contributed by atoms with Crippen molar-refractivity contribution >= 4 is 11.9 Å². The number of aliphatic hydroxyl groups excluding tert-OH is 5. The number of carbonyl (C=O) groups is 2. The number of carbonyl (C=O) groups excluding carboxylic acids is 2. The zero-order valence-electron chi connectivity index (χ0n) is 39.8. The fraction of sp³-hybridized carbons (Fsp3) is 0.808. The van der Waals surface area contributed by atoms with Gasteiger partial charge in [-0.15, -0.1) is 0 Å². The van der Waals surface area contributed by atoms with Gasteiger partial charge in [-0.1, -0.05) is 165 Å². The van der Waals surface area contributed by atoms with E-state index < -0.39 is 49.5 Å². The molecule has 1 amide bonds. The maximum atomic E-state index is 13.0. The van der Waals surface area contributed by atoms with Crippen molar-refractivity contribution in [2.45, 2.75) is 249 Å². The van der Waals surface area contributed by atoms with E-state index in [1.165, 1.54) is 83.5 Å². The van der Waals surface area contributed by atoms with Gasteiger partial charge in [-0.2, -0.15) is 0 Å². The summed E-state index contributed by atoms with van der Waals surface area (Å²) in [4.78, 5) is 25.0. The molecule has 11 nitrogen and oxygen atoms in total. The van der Waals surface area contributed by atoms with Crippen LogP contribution in [-0.2, 0) is 23.8 Å². The number of ether oxygens (including phenoxy) is 3. The lowest BCUT2D eigenvalue weighted by atomic mass is 9.99. The van der Waals surface area contributed by atoms with Crippen LogP contribution in [0.4, 0.5) is 0 Å². The lowest BCUT2D eigenvalue weighted by Crippen LogP contribution is -2.60. The number of allylic oxidation sites excluding steroid dienone is 7. The van der Waals surface area contributed by atoms with Gasteiger partial charge in [0.05, 0.1) is 32.0 Å². The predicted octanol–water partition coefficient (Wildman–Crippen LogP) is 10.2. The van der Waals surface area contributed by atoms with E-state index in [0.29, 0.717) is 25.9 Å². The molecule has 0 aromatic heterocycles. The van der Waals surface area contributed by atoms with Crippen molar-refractivity contribution < 1.29 is 49.3 Å². The largest absolute Gasteiger partial charge is 0.466 e. The second-order valence-corrected chi connectivity index (χ2v) is 17.5.